The van der Waals surface area contributed by atoms with Crippen LogP contribution < -0.4 is 0 Å². The minimum Gasteiger partial charge on any atom is -0.349 e. The second kappa shape index (κ2) is 10.4. The normalized spacial score (nSPS) is 12.2. The summed E-state index contributed by atoms with van der Waals surface area (Å²) in [5.74, 6) is 1.60. The van der Waals surface area contributed by atoms with Gasteiger partial charge in [-0.3, -0.25) is 0 Å². The third kappa shape index (κ3) is 5.07. The Kier molecular flexibility index (Phi) is 7.79. The Labute approximate surface area is 204 Å². The fourth-order valence-electron chi connectivity index (χ4n) is 3.66. The van der Waals surface area contributed by atoms with Crippen molar-refractivity contribution < 1.29 is 25.6 Å². The monoisotopic (exact) mass is 604 g/mol. The molecule has 4 rings (SSSR count). The van der Waals surface area contributed by atoms with E-state index in [0.29, 0.717) is 17.6 Å². The van der Waals surface area contributed by atoms with E-state index in [4.69, 9.17) is 9.51 Å². The maximum Gasteiger partial charge on any atom is 2.00 e. The van der Waals surface area contributed by atoms with Gasteiger partial charge in [-0.25, -0.2) is 4.98 Å². The van der Waals surface area contributed by atoms with E-state index < -0.39 is 5.41 Å². The van der Waals surface area contributed by atoms with Crippen molar-refractivity contribution in [1.82, 2.24) is 15.1 Å². The van der Waals surface area contributed by atoms with Gasteiger partial charge in [0.05, 0.1) is 5.41 Å². The van der Waals surface area contributed by atoms with Gasteiger partial charge in [0, 0.05) is 5.69 Å². The van der Waals surface area contributed by atoms with Crippen LogP contribution in [-0.4, -0.2) is 15.1 Å². The molecule has 0 aliphatic rings. The number of rotatable bonds is 7. The molecule has 1 unspecified atom stereocenters. The average molecular weight is 605 g/mol. The summed E-state index contributed by atoms with van der Waals surface area (Å²) in [4.78, 5) is 9.54. The smallest absolute Gasteiger partial charge is 0.349 e. The molecule has 0 aliphatic carbocycles. The van der Waals surface area contributed by atoms with Crippen molar-refractivity contribution in [3.8, 4) is 22.6 Å². The van der Waals surface area contributed by atoms with Crippen LogP contribution in [0.25, 0.3) is 22.6 Å². The van der Waals surface area contributed by atoms with Crippen LogP contribution in [0.15, 0.2) is 65.2 Å². The zero-order chi connectivity index (χ0) is 21.8. The summed E-state index contributed by atoms with van der Waals surface area (Å²) in [6, 6.07) is 26.6. The fourth-order valence-corrected chi connectivity index (χ4v) is 3.66. The van der Waals surface area contributed by atoms with Crippen LogP contribution in [-0.2, 0) is 26.5 Å². The molecule has 0 bridgehead atoms. The average Bonchev–Trinajstić information content (AvgIpc) is 3.31. The second-order valence-electron chi connectivity index (χ2n) is 8.46. The van der Waals surface area contributed by atoms with Gasteiger partial charge >= 0.3 is 21.1 Å². The predicted molar refractivity (Wildman–Crippen MR) is 123 cm³/mol. The van der Waals surface area contributed by atoms with Gasteiger partial charge in [-0.15, -0.1) is 76.4 Å². The fraction of sp³-hybridized carbons (Fsp3) is 0.296. The minimum atomic E-state index is -0.536. The molecule has 4 nitrogen and oxygen atoms in total. The molecule has 2 aromatic carbocycles. The Morgan fingerprint density at radius 2 is 1.81 bits per heavy atom. The molecular weight excluding hydrogens is 577 g/mol. The second-order valence-corrected chi connectivity index (χ2v) is 8.46. The van der Waals surface area contributed by atoms with Gasteiger partial charge in [0.15, 0.2) is 0 Å². The number of aromatic nitrogens is 3. The molecule has 0 fully saturated rings. The maximum absolute atomic E-state index is 5.67. The Bertz CT molecular complexity index is 1140. The molecular formula is C27H27N3OPt. The Morgan fingerprint density at radius 1 is 0.969 bits per heavy atom. The minimum absolute atomic E-state index is 0. The first-order chi connectivity index (χ1) is 15.0. The Morgan fingerprint density at radius 3 is 2.50 bits per heavy atom. The molecule has 2 heterocycles. The molecule has 0 radical (unpaired) electrons. The van der Waals surface area contributed by atoms with Gasteiger partial charge < -0.3 is 9.51 Å². The van der Waals surface area contributed by atoms with E-state index in [2.05, 4.69) is 42.2 Å². The standard InChI is InChI=1S/C27H27N3O.Pt/c1-5-10-19(2)20-15-17-22(18-16-20)25-29-26(31-30-25)27(3,4)24-14-9-13-23(28-24)21-11-7-6-8-12-21;/h6-9,11,13-17,19H,5,10H2,1-4H3;/q-2;+2. The zero-order valence-electron chi connectivity index (χ0n) is 18.8. The maximum atomic E-state index is 5.67. The summed E-state index contributed by atoms with van der Waals surface area (Å²) in [6.07, 6.45) is 2.34. The molecule has 1 atom stereocenters. The van der Waals surface area contributed by atoms with Gasteiger partial charge in [0.2, 0.25) is 5.89 Å². The molecule has 0 aliphatic heterocycles. The first kappa shape index (κ1) is 24.1. The molecule has 2 aromatic heterocycles. The van der Waals surface area contributed by atoms with E-state index >= 15 is 0 Å². The number of pyridine rings is 1. The van der Waals surface area contributed by atoms with E-state index in [1.165, 1.54) is 18.4 Å². The molecule has 0 N–H and O–H groups in total. The first-order valence-electron chi connectivity index (χ1n) is 10.8. The Hall–Kier alpha value is -2.58. The van der Waals surface area contributed by atoms with Gasteiger partial charge in [-0.2, -0.15) is 0 Å². The third-order valence-electron chi connectivity index (χ3n) is 5.70. The van der Waals surface area contributed by atoms with E-state index in [0.717, 1.165) is 22.5 Å². The van der Waals surface area contributed by atoms with Gasteiger partial charge in [-0.1, -0.05) is 44.7 Å². The molecule has 0 saturated heterocycles. The van der Waals surface area contributed by atoms with Crippen LogP contribution in [0.5, 0.6) is 0 Å². The van der Waals surface area contributed by atoms with Crippen LogP contribution in [0, 0.1) is 12.1 Å². The molecule has 0 amide bonds. The zero-order valence-corrected chi connectivity index (χ0v) is 21.1. The predicted octanol–water partition coefficient (Wildman–Crippen LogP) is 6.63. The topological polar surface area (TPSA) is 51.8 Å². The van der Waals surface area contributed by atoms with Gasteiger partial charge in [0.1, 0.15) is 5.82 Å². The summed E-state index contributed by atoms with van der Waals surface area (Å²) < 4.78 is 5.67. The first-order valence-corrected chi connectivity index (χ1v) is 10.8. The molecule has 0 spiro atoms. The van der Waals surface area contributed by atoms with Crippen molar-refractivity contribution in [2.75, 3.05) is 0 Å². The summed E-state index contributed by atoms with van der Waals surface area (Å²) in [5, 5.41) is 4.22. The van der Waals surface area contributed by atoms with E-state index in [9.17, 15) is 0 Å². The van der Waals surface area contributed by atoms with E-state index in [1.54, 1.807) is 0 Å². The van der Waals surface area contributed by atoms with Gasteiger partial charge in [0.25, 0.3) is 0 Å². The summed E-state index contributed by atoms with van der Waals surface area (Å²) in [6.45, 7) is 8.55. The molecule has 32 heavy (non-hydrogen) atoms. The Balaban J connectivity index is 0.00000289. The van der Waals surface area contributed by atoms with Crippen molar-refractivity contribution in [1.29, 1.82) is 0 Å². The summed E-state index contributed by atoms with van der Waals surface area (Å²) in [7, 11) is 0. The summed E-state index contributed by atoms with van der Waals surface area (Å²) >= 11 is 0. The van der Waals surface area contributed by atoms with E-state index in [-0.39, 0.29) is 21.1 Å². The van der Waals surface area contributed by atoms with Crippen molar-refractivity contribution >= 4 is 0 Å². The number of nitrogens with zero attached hydrogens (tertiary/aromatic N) is 3. The van der Waals surface area contributed by atoms with Gasteiger partial charge in [-0.05, 0) is 25.6 Å². The van der Waals surface area contributed by atoms with Crippen LogP contribution in [0.4, 0.5) is 0 Å². The van der Waals surface area contributed by atoms with Crippen molar-refractivity contribution in [3.05, 3.63) is 89.9 Å². The number of hydrogen-bond acceptors (Lipinski definition) is 4. The van der Waals surface area contributed by atoms with Crippen molar-refractivity contribution in [2.24, 2.45) is 0 Å². The quantitative estimate of drug-likeness (QED) is 0.223. The molecule has 5 heteroatoms. The summed E-state index contributed by atoms with van der Waals surface area (Å²) in [5.41, 5.74) is 4.28. The van der Waals surface area contributed by atoms with Crippen LogP contribution in [0.1, 0.15) is 63.6 Å². The van der Waals surface area contributed by atoms with Crippen LogP contribution in [0.2, 0.25) is 0 Å². The van der Waals surface area contributed by atoms with E-state index in [1.807, 2.05) is 68.4 Å². The number of hydrogen-bond donors (Lipinski definition) is 0. The molecule has 0 saturated carbocycles. The third-order valence-corrected chi connectivity index (χ3v) is 5.70. The van der Waals surface area contributed by atoms with Crippen LogP contribution in [0.3, 0.4) is 0 Å². The van der Waals surface area contributed by atoms with Crippen molar-refractivity contribution in [3.63, 3.8) is 0 Å². The SMILES string of the molecule is CCCC(C)c1c[c-]c(-c2noc(C(C)(C)c3cccc(-c4[c-]cccc4)n3)n2)cc1.[Pt+2]. The van der Waals surface area contributed by atoms with Crippen molar-refractivity contribution in [2.45, 2.75) is 51.9 Å². The largest absolute Gasteiger partial charge is 2.00 e. The van der Waals surface area contributed by atoms with Crippen LogP contribution >= 0.6 is 0 Å². The molecule has 166 valence electrons. The molecule has 4 aromatic rings. The number of benzene rings is 2.